The summed E-state index contributed by atoms with van der Waals surface area (Å²) < 4.78 is 12.4. The van der Waals surface area contributed by atoms with Crippen molar-refractivity contribution in [3.8, 4) is 0 Å². The van der Waals surface area contributed by atoms with Gasteiger partial charge in [0, 0.05) is 5.92 Å². The molecule has 1 saturated heterocycles. The van der Waals surface area contributed by atoms with Crippen LogP contribution in [0.5, 0.6) is 0 Å². The van der Waals surface area contributed by atoms with E-state index in [9.17, 15) is 0 Å². The van der Waals surface area contributed by atoms with Gasteiger partial charge in [-0.2, -0.15) is 0 Å². The van der Waals surface area contributed by atoms with Crippen molar-refractivity contribution in [2.75, 3.05) is 0 Å². The highest BCUT2D eigenvalue weighted by molar-refractivity contribution is 6.51. The summed E-state index contributed by atoms with van der Waals surface area (Å²) in [5.41, 5.74) is 4.78. The second-order valence-corrected chi connectivity index (χ2v) is 10.4. The Morgan fingerprint density at radius 2 is 1.76 bits per heavy atom. The summed E-state index contributed by atoms with van der Waals surface area (Å²) in [5, 5.41) is 0. The molecule has 2 atom stereocenters. The molecule has 1 heterocycles. The first-order chi connectivity index (χ1) is 15.6. The molecule has 2 nitrogen and oxygen atoms in total. The van der Waals surface area contributed by atoms with E-state index in [1.807, 2.05) is 0 Å². The normalized spacial score (nSPS) is 22.5. The van der Waals surface area contributed by atoms with Crippen LogP contribution in [0.1, 0.15) is 73.3 Å². The second kappa shape index (κ2) is 10.9. The molecule has 1 aromatic carbocycles. The SMILES string of the molecule is CCC(/C=C/B1OC(C)(C)C(C)(C)O1)C(=C/C(C)C1=CC=CCC1)/C=C(\C)c1ccccc1. The highest BCUT2D eigenvalue weighted by atomic mass is 16.7. The van der Waals surface area contributed by atoms with E-state index in [1.54, 1.807) is 0 Å². The number of allylic oxidation sites excluding steroid dienone is 9. The first-order valence-electron chi connectivity index (χ1n) is 12.5. The van der Waals surface area contributed by atoms with Crippen LogP contribution < -0.4 is 0 Å². The summed E-state index contributed by atoms with van der Waals surface area (Å²) in [7, 11) is -0.312. The van der Waals surface area contributed by atoms with Crippen LogP contribution in [-0.2, 0) is 9.31 Å². The zero-order valence-electron chi connectivity index (χ0n) is 21.6. The van der Waals surface area contributed by atoms with E-state index in [-0.39, 0.29) is 18.3 Å². The fraction of sp³-hybridized carbons (Fsp3) is 0.467. The summed E-state index contributed by atoms with van der Waals surface area (Å²) >= 11 is 0. The monoisotopic (exact) mass is 444 g/mol. The van der Waals surface area contributed by atoms with Crippen LogP contribution in [0.25, 0.3) is 5.57 Å². The molecule has 1 aromatic rings. The maximum Gasteiger partial charge on any atom is 0.486 e. The second-order valence-electron chi connectivity index (χ2n) is 10.4. The van der Waals surface area contributed by atoms with Gasteiger partial charge in [-0.3, -0.25) is 0 Å². The third kappa shape index (κ3) is 6.49. The van der Waals surface area contributed by atoms with Crippen molar-refractivity contribution in [2.24, 2.45) is 11.8 Å². The molecule has 0 bridgehead atoms. The van der Waals surface area contributed by atoms with Gasteiger partial charge in [-0.25, -0.2) is 0 Å². The molecule has 2 aliphatic rings. The van der Waals surface area contributed by atoms with Gasteiger partial charge in [0.15, 0.2) is 0 Å². The summed E-state index contributed by atoms with van der Waals surface area (Å²) in [6.07, 6.45) is 17.1. The van der Waals surface area contributed by atoms with Crippen molar-refractivity contribution in [1.82, 2.24) is 0 Å². The summed E-state index contributed by atoms with van der Waals surface area (Å²) in [5.74, 6) is 2.81. The molecular formula is C30H41BO2. The maximum absolute atomic E-state index is 6.20. The third-order valence-electron chi connectivity index (χ3n) is 7.33. The fourth-order valence-electron chi connectivity index (χ4n) is 4.38. The maximum atomic E-state index is 6.20. The highest BCUT2D eigenvalue weighted by Crippen LogP contribution is 2.37. The van der Waals surface area contributed by atoms with Gasteiger partial charge in [-0.1, -0.05) is 92.2 Å². The molecule has 176 valence electrons. The minimum absolute atomic E-state index is 0.296. The van der Waals surface area contributed by atoms with E-state index in [4.69, 9.17) is 9.31 Å². The van der Waals surface area contributed by atoms with Gasteiger partial charge in [-0.05, 0) is 76.5 Å². The summed E-state index contributed by atoms with van der Waals surface area (Å²) in [6, 6.07) is 10.6. The molecule has 0 amide bonds. The molecular weight excluding hydrogens is 403 g/mol. The van der Waals surface area contributed by atoms with Crippen molar-refractivity contribution >= 4 is 12.7 Å². The summed E-state index contributed by atoms with van der Waals surface area (Å²) in [6.45, 7) is 15.2. The van der Waals surface area contributed by atoms with Crippen molar-refractivity contribution in [2.45, 2.75) is 78.9 Å². The van der Waals surface area contributed by atoms with E-state index in [2.05, 4.69) is 121 Å². The predicted molar refractivity (Wildman–Crippen MR) is 143 cm³/mol. The lowest BCUT2D eigenvalue weighted by atomic mass is 9.83. The molecule has 0 spiro atoms. The number of benzene rings is 1. The summed E-state index contributed by atoms with van der Waals surface area (Å²) in [4.78, 5) is 0. The molecule has 0 aromatic heterocycles. The first kappa shape index (κ1) is 25.5. The average Bonchev–Trinajstić information content (AvgIpc) is 3.01. The van der Waals surface area contributed by atoms with Crippen LogP contribution in [0.15, 0.2) is 83.9 Å². The van der Waals surface area contributed by atoms with Crippen molar-refractivity contribution in [1.29, 1.82) is 0 Å². The molecule has 1 fully saturated rings. The topological polar surface area (TPSA) is 18.5 Å². The number of hydrogen-bond acceptors (Lipinski definition) is 2. The first-order valence-corrected chi connectivity index (χ1v) is 12.5. The largest absolute Gasteiger partial charge is 0.486 e. The lowest BCUT2D eigenvalue weighted by Crippen LogP contribution is -2.41. The van der Waals surface area contributed by atoms with E-state index in [0.29, 0.717) is 11.8 Å². The quantitative estimate of drug-likeness (QED) is 0.298. The van der Waals surface area contributed by atoms with Gasteiger partial charge in [0.1, 0.15) is 0 Å². The lowest BCUT2D eigenvalue weighted by molar-refractivity contribution is 0.00578. The predicted octanol–water partition coefficient (Wildman–Crippen LogP) is 8.14. The Kier molecular flexibility index (Phi) is 8.42. The Hall–Kier alpha value is -2.10. The molecule has 0 N–H and O–H groups in total. The van der Waals surface area contributed by atoms with Crippen LogP contribution in [-0.4, -0.2) is 18.3 Å². The molecule has 0 radical (unpaired) electrons. The zero-order chi connectivity index (χ0) is 24.1. The lowest BCUT2D eigenvalue weighted by Gasteiger charge is -2.32. The third-order valence-corrected chi connectivity index (χ3v) is 7.33. The average molecular weight is 444 g/mol. The Morgan fingerprint density at radius 1 is 1.09 bits per heavy atom. The zero-order valence-corrected chi connectivity index (χ0v) is 21.6. The Bertz CT molecular complexity index is 931. The van der Waals surface area contributed by atoms with Crippen LogP contribution in [0.2, 0.25) is 0 Å². The highest BCUT2D eigenvalue weighted by Gasteiger charge is 2.50. The van der Waals surface area contributed by atoms with E-state index in [0.717, 1.165) is 19.3 Å². The molecule has 2 unspecified atom stereocenters. The molecule has 33 heavy (non-hydrogen) atoms. The van der Waals surface area contributed by atoms with Crippen LogP contribution in [0.3, 0.4) is 0 Å². The Balaban J connectivity index is 1.90. The van der Waals surface area contributed by atoms with Gasteiger partial charge in [-0.15, -0.1) is 0 Å². The standard InChI is InChI=1S/C30H41BO2/c1-8-25(19-20-31-32-29(4,5)30(6,7)33-31)28(21-23(2)26-15-11-9-12-16-26)22-24(3)27-17-13-10-14-18-27/h9-13,15-17,19-22,24-25H,8,14,18H2,1-7H3/b20-19+,23-21+,28-22+. The number of rotatable bonds is 8. The van der Waals surface area contributed by atoms with E-state index >= 15 is 0 Å². The molecule has 3 rings (SSSR count). The van der Waals surface area contributed by atoms with Gasteiger partial charge < -0.3 is 9.31 Å². The van der Waals surface area contributed by atoms with Gasteiger partial charge >= 0.3 is 7.12 Å². The van der Waals surface area contributed by atoms with Crippen molar-refractivity contribution in [3.63, 3.8) is 0 Å². The van der Waals surface area contributed by atoms with Gasteiger partial charge in [0.2, 0.25) is 0 Å². The van der Waals surface area contributed by atoms with Crippen molar-refractivity contribution in [3.05, 3.63) is 89.5 Å². The van der Waals surface area contributed by atoms with Crippen molar-refractivity contribution < 1.29 is 9.31 Å². The molecule has 1 aliphatic heterocycles. The smallest absolute Gasteiger partial charge is 0.400 e. The minimum Gasteiger partial charge on any atom is -0.400 e. The van der Waals surface area contributed by atoms with E-state index in [1.165, 1.54) is 22.3 Å². The minimum atomic E-state index is -0.318. The van der Waals surface area contributed by atoms with E-state index < -0.39 is 0 Å². The molecule has 0 saturated carbocycles. The fourth-order valence-corrected chi connectivity index (χ4v) is 4.38. The Morgan fingerprint density at radius 3 is 2.33 bits per heavy atom. The van der Waals surface area contributed by atoms with Gasteiger partial charge in [0.05, 0.1) is 11.2 Å². The molecule has 1 aliphatic carbocycles. The molecule has 3 heteroatoms. The number of hydrogen-bond donors (Lipinski definition) is 0. The van der Waals surface area contributed by atoms with Gasteiger partial charge in [0.25, 0.3) is 0 Å². The Labute approximate surface area is 202 Å². The van der Waals surface area contributed by atoms with Crippen LogP contribution in [0, 0.1) is 11.8 Å². The van der Waals surface area contributed by atoms with Crippen LogP contribution >= 0.6 is 0 Å². The van der Waals surface area contributed by atoms with Crippen LogP contribution in [0.4, 0.5) is 0 Å².